The lowest BCUT2D eigenvalue weighted by Crippen LogP contribution is -2.49. The van der Waals surface area contributed by atoms with Gasteiger partial charge in [0, 0.05) is 55.0 Å². The fourth-order valence-electron chi connectivity index (χ4n) is 8.03. The first-order valence-electron chi connectivity index (χ1n) is 21.4. The van der Waals surface area contributed by atoms with Gasteiger partial charge in [-0.15, -0.1) is 22.7 Å². The minimum atomic E-state index is -4.51. The molecule has 2 N–H and O–H groups in total. The predicted octanol–water partition coefficient (Wildman–Crippen LogP) is 11.7. The molecule has 0 saturated carbocycles. The van der Waals surface area contributed by atoms with Crippen LogP contribution >= 0.6 is 22.7 Å². The number of thiophene rings is 2. The van der Waals surface area contributed by atoms with Gasteiger partial charge in [0.05, 0.1) is 21.6 Å². The lowest BCUT2D eigenvalue weighted by atomic mass is 9.99. The monoisotopic (exact) mass is 984 g/mol. The number of carboxylic acids is 2. The first-order valence-corrected chi connectivity index (χ1v) is 23.0. The van der Waals surface area contributed by atoms with Crippen molar-refractivity contribution >= 4 is 34.6 Å². The van der Waals surface area contributed by atoms with Gasteiger partial charge in [-0.05, 0) is 47.4 Å². The van der Waals surface area contributed by atoms with E-state index in [-0.39, 0.29) is 56.1 Å². The number of rotatable bonds is 12. The lowest BCUT2D eigenvalue weighted by molar-refractivity contribution is -0.148. The summed E-state index contributed by atoms with van der Waals surface area (Å²) in [6, 6.07) is 34.5. The van der Waals surface area contributed by atoms with Crippen LogP contribution in [0.5, 0.6) is 0 Å². The maximum Gasteiger partial charge on any atom is 0.426 e. The molecular weight excluding hydrogens is 947 g/mol. The number of likely N-dealkylation sites (tertiary alicyclic amines) is 2. The van der Waals surface area contributed by atoms with E-state index in [1.807, 2.05) is 53.4 Å². The Morgan fingerprint density at radius 2 is 0.971 bits per heavy atom. The average Bonchev–Trinajstić information content (AvgIpc) is 4.18. The SMILES string of the molecule is O=C(O)C1CCN(Cc2ccc(-c3noc(-c4cc(-c5ccccc5)c(C(F)(F)F)s4)n3)cc2)C1.O=C(O)C1CN(Cc2ccc(-c3noc(-c4cc(-c5ccccc5)c(C(F)(F)F)s4)n3)cc2)C1. The smallest absolute Gasteiger partial charge is 0.426 e. The molecule has 4 aromatic heterocycles. The quantitative estimate of drug-likeness (QED) is 0.112. The van der Waals surface area contributed by atoms with Crippen molar-refractivity contribution in [3.8, 4) is 66.6 Å². The zero-order chi connectivity index (χ0) is 48.5. The molecule has 354 valence electrons. The Hall–Kier alpha value is -7.00. The molecule has 69 heavy (non-hydrogen) atoms. The van der Waals surface area contributed by atoms with Crippen LogP contribution in [-0.2, 0) is 35.0 Å². The molecular formula is C49H38F6N6O6S2. The molecule has 10 rings (SSSR count). The Labute approximate surface area is 397 Å². The van der Waals surface area contributed by atoms with E-state index in [2.05, 4.69) is 25.2 Å². The molecule has 4 aromatic carbocycles. The van der Waals surface area contributed by atoms with Crippen molar-refractivity contribution in [2.75, 3.05) is 26.2 Å². The van der Waals surface area contributed by atoms with E-state index in [1.165, 1.54) is 12.1 Å². The molecule has 0 amide bonds. The third-order valence-electron chi connectivity index (χ3n) is 11.6. The first-order chi connectivity index (χ1) is 33.1. The van der Waals surface area contributed by atoms with E-state index in [0.29, 0.717) is 84.1 Å². The van der Waals surface area contributed by atoms with Crippen LogP contribution in [0.1, 0.15) is 27.3 Å². The van der Waals surface area contributed by atoms with Gasteiger partial charge >= 0.3 is 24.3 Å². The Balaban J connectivity index is 0.000000172. The Kier molecular flexibility index (Phi) is 13.3. The number of halogens is 6. The summed E-state index contributed by atoms with van der Waals surface area (Å²) in [4.78, 5) is 33.9. The number of hydrogen-bond donors (Lipinski definition) is 2. The molecule has 2 fully saturated rings. The highest BCUT2D eigenvalue weighted by atomic mass is 32.1. The number of alkyl halides is 6. The third kappa shape index (κ3) is 10.8. The molecule has 20 heteroatoms. The van der Waals surface area contributed by atoms with Crippen molar-refractivity contribution in [1.82, 2.24) is 30.1 Å². The summed E-state index contributed by atoms with van der Waals surface area (Å²) >= 11 is 1.15. The highest BCUT2D eigenvalue weighted by molar-refractivity contribution is 7.16. The summed E-state index contributed by atoms with van der Waals surface area (Å²) in [5.41, 5.74) is 4.45. The van der Waals surface area contributed by atoms with Gasteiger partial charge in [0.15, 0.2) is 0 Å². The Bertz CT molecular complexity index is 3060. The summed E-state index contributed by atoms with van der Waals surface area (Å²) in [5, 5.41) is 26.0. The van der Waals surface area contributed by atoms with Crippen molar-refractivity contribution < 1.29 is 55.2 Å². The van der Waals surface area contributed by atoms with Crippen molar-refractivity contribution in [3.05, 3.63) is 142 Å². The second kappa shape index (κ2) is 19.5. The maximum absolute atomic E-state index is 13.7. The molecule has 0 aliphatic carbocycles. The van der Waals surface area contributed by atoms with Crippen LogP contribution in [0.3, 0.4) is 0 Å². The van der Waals surface area contributed by atoms with E-state index in [4.69, 9.17) is 19.3 Å². The zero-order valence-electron chi connectivity index (χ0n) is 35.9. The molecule has 12 nitrogen and oxygen atoms in total. The van der Waals surface area contributed by atoms with E-state index >= 15 is 0 Å². The second-order valence-corrected chi connectivity index (χ2v) is 18.6. The van der Waals surface area contributed by atoms with Gasteiger partial charge in [-0.25, -0.2) is 0 Å². The van der Waals surface area contributed by atoms with Gasteiger partial charge in [0.1, 0.15) is 9.75 Å². The molecule has 1 unspecified atom stereocenters. The fraction of sp³-hybridized carbons (Fsp3) is 0.224. The minimum Gasteiger partial charge on any atom is -0.481 e. The van der Waals surface area contributed by atoms with Crippen LogP contribution in [0.4, 0.5) is 26.3 Å². The van der Waals surface area contributed by atoms with E-state index in [0.717, 1.165) is 17.7 Å². The summed E-state index contributed by atoms with van der Waals surface area (Å²) in [7, 11) is 0. The largest absolute Gasteiger partial charge is 0.481 e. The standard InChI is InChI=1S/C25H20F3N3O3S.C24H18F3N3O3S/c26-25(27,28)21-19(16-4-2-1-3-5-16)12-20(35-21)23-29-22(30-34-23)17-8-6-15(7-9-17)13-31-11-10-18(14-31)24(32)33;25-24(26,27)20-18(15-4-2-1-3-5-15)10-19(34-20)22-28-21(29-33-22)16-8-6-14(7-9-16)11-30-12-17(13-30)23(31)32/h1-9,12,18H,10-11,13-14H2,(H,32,33);1-10,17H,11-13H2,(H,31,32). The van der Waals surface area contributed by atoms with Gasteiger partial charge in [0.2, 0.25) is 11.6 Å². The second-order valence-electron chi connectivity index (χ2n) is 16.5. The van der Waals surface area contributed by atoms with Crippen LogP contribution < -0.4 is 0 Å². The van der Waals surface area contributed by atoms with Crippen molar-refractivity contribution in [1.29, 1.82) is 0 Å². The van der Waals surface area contributed by atoms with Crippen molar-refractivity contribution in [3.63, 3.8) is 0 Å². The molecule has 8 aromatic rings. The van der Waals surface area contributed by atoms with Crippen LogP contribution in [0.25, 0.3) is 66.6 Å². The minimum absolute atomic E-state index is 0.0250. The van der Waals surface area contributed by atoms with E-state index < -0.39 is 34.0 Å². The summed E-state index contributed by atoms with van der Waals surface area (Å²) < 4.78 is 92.7. The molecule has 2 aliphatic heterocycles. The average molecular weight is 985 g/mol. The van der Waals surface area contributed by atoms with Gasteiger partial charge in [0.25, 0.3) is 11.8 Å². The summed E-state index contributed by atoms with van der Waals surface area (Å²) in [5.74, 6) is -1.57. The number of carboxylic acid groups (broad SMARTS) is 2. The summed E-state index contributed by atoms with van der Waals surface area (Å²) in [6.45, 7) is 3.59. The normalized spacial score (nSPS) is 15.7. The molecule has 6 heterocycles. The van der Waals surface area contributed by atoms with Gasteiger partial charge in [-0.1, -0.05) is 120 Å². The zero-order valence-corrected chi connectivity index (χ0v) is 37.6. The number of aliphatic carboxylic acids is 2. The van der Waals surface area contributed by atoms with Gasteiger partial charge in [-0.2, -0.15) is 36.3 Å². The maximum atomic E-state index is 13.7. The topological polar surface area (TPSA) is 159 Å². The predicted molar refractivity (Wildman–Crippen MR) is 244 cm³/mol. The highest BCUT2D eigenvalue weighted by Crippen LogP contribution is 2.47. The van der Waals surface area contributed by atoms with Crippen LogP contribution in [-0.4, -0.2) is 78.4 Å². The number of nitrogens with zero attached hydrogens (tertiary/aromatic N) is 6. The van der Waals surface area contributed by atoms with Gasteiger partial charge in [-0.3, -0.25) is 19.4 Å². The lowest BCUT2D eigenvalue weighted by Gasteiger charge is -2.36. The molecule has 0 bridgehead atoms. The molecule has 0 spiro atoms. The molecule has 2 saturated heterocycles. The van der Waals surface area contributed by atoms with Crippen molar-refractivity contribution in [2.45, 2.75) is 31.9 Å². The molecule has 0 radical (unpaired) electrons. The molecule has 2 aliphatic rings. The third-order valence-corrected chi connectivity index (χ3v) is 13.9. The van der Waals surface area contributed by atoms with E-state index in [9.17, 15) is 35.9 Å². The number of carbonyl (C=O) groups is 2. The van der Waals surface area contributed by atoms with Crippen molar-refractivity contribution in [2.24, 2.45) is 11.8 Å². The Morgan fingerprint density at radius 3 is 1.36 bits per heavy atom. The summed E-state index contributed by atoms with van der Waals surface area (Å²) in [6.07, 6.45) is -8.37. The number of aromatic nitrogens is 4. The van der Waals surface area contributed by atoms with Crippen LogP contribution in [0.2, 0.25) is 0 Å². The Morgan fingerprint density at radius 1 is 0.565 bits per heavy atom. The molecule has 1 atom stereocenters. The fourth-order valence-corrected chi connectivity index (χ4v) is 9.97. The van der Waals surface area contributed by atoms with Gasteiger partial charge < -0.3 is 19.3 Å². The highest BCUT2D eigenvalue weighted by Gasteiger charge is 2.39. The number of benzene rings is 4. The number of hydrogen-bond acceptors (Lipinski definition) is 12. The van der Waals surface area contributed by atoms with Crippen LogP contribution in [0.15, 0.2) is 130 Å². The first kappa shape index (κ1) is 47.1. The van der Waals surface area contributed by atoms with Crippen LogP contribution in [0, 0.1) is 11.8 Å². The van der Waals surface area contributed by atoms with E-state index in [1.54, 1.807) is 60.7 Å².